The van der Waals surface area contributed by atoms with Crippen molar-refractivity contribution in [1.29, 1.82) is 0 Å². The van der Waals surface area contributed by atoms with E-state index in [1.165, 1.54) is 0 Å². The Morgan fingerprint density at radius 1 is 1.12 bits per heavy atom. The molecule has 1 aromatic rings. The molecule has 0 spiro atoms. The van der Waals surface area contributed by atoms with Crippen LogP contribution in [0.4, 0.5) is 5.69 Å². The number of rotatable bonds is 5. The Labute approximate surface area is 140 Å². The number of benzene rings is 1. The summed E-state index contributed by atoms with van der Waals surface area (Å²) in [5, 5.41) is 14.2. The number of amides is 1. The first-order chi connectivity index (χ1) is 11.5. The summed E-state index contributed by atoms with van der Waals surface area (Å²) in [4.78, 5) is 35.6. The van der Waals surface area contributed by atoms with Gasteiger partial charge in [0.2, 0.25) is 5.91 Å². The van der Waals surface area contributed by atoms with E-state index in [0.717, 1.165) is 19.3 Å². The Kier molecular flexibility index (Phi) is 4.55. The summed E-state index contributed by atoms with van der Waals surface area (Å²) in [7, 11) is 0. The molecule has 4 unspecified atom stereocenters. The molecule has 128 valence electrons. The van der Waals surface area contributed by atoms with Crippen molar-refractivity contribution >= 4 is 23.5 Å². The predicted molar refractivity (Wildman–Crippen MR) is 83.8 cm³/mol. The van der Waals surface area contributed by atoms with E-state index >= 15 is 0 Å². The zero-order valence-electron chi connectivity index (χ0n) is 13.5. The van der Waals surface area contributed by atoms with E-state index in [1.807, 2.05) is 0 Å². The van der Waals surface area contributed by atoms with Crippen molar-refractivity contribution in [3.8, 4) is 0 Å². The lowest BCUT2D eigenvalue weighted by Gasteiger charge is -2.30. The number of carbonyl (C=O) groups excluding carboxylic acids is 3. The summed E-state index contributed by atoms with van der Waals surface area (Å²) in [6.45, 7) is 2.03. The van der Waals surface area contributed by atoms with Crippen molar-refractivity contribution in [3.05, 3.63) is 29.8 Å². The van der Waals surface area contributed by atoms with Gasteiger partial charge in [0.25, 0.3) is 0 Å². The van der Waals surface area contributed by atoms with Crippen LogP contribution in [-0.4, -0.2) is 24.5 Å². The standard InChI is InChI=1S/C18H21NO5/c1-2-24-18(23)10-5-7-13(8-6-10)19-16(20)14-11-3-4-12(9-11)15(14)17(21)22/h5-8,11-12,14-15H,2-4,9H2,1H3,(H,19,20)(H,21,22)/p-1. The van der Waals surface area contributed by atoms with Crippen molar-refractivity contribution in [2.45, 2.75) is 26.2 Å². The van der Waals surface area contributed by atoms with Gasteiger partial charge in [0.05, 0.1) is 12.2 Å². The van der Waals surface area contributed by atoms with Crippen molar-refractivity contribution < 1.29 is 24.2 Å². The van der Waals surface area contributed by atoms with Crippen LogP contribution in [-0.2, 0) is 14.3 Å². The van der Waals surface area contributed by atoms with Crippen LogP contribution in [0, 0.1) is 23.7 Å². The van der Waals surface area contributed by atoms with Gasteiger partial charge in [-0.25, -0.2) is 4.79 Å². The van der Waals surface area contributed by atoms with Gasteiger partial charge in [0.1, 0.15) is 0 Å². The molecule has 1 N–H and O–H groups in total. The van der Waals surface area contributed by atoms with Crippen LogP contribution in [0.5, 0.6) is 0 Å². The zero-order chi connectivity index (χ0) is 17.3. The van der Waals surface area contributed by atoms with Crippen LogP contribution in [0.2, 0.25) is 0 Å². The number of carbonyl (C=O) groups is 3. The van der Waals surface area contributed by atoms with E-state index < -0.39 is 23.8 Å². The number of hydrogen-bond donors (Lipinski definition) is 1. The highest BCUT2D eigenvalue weighted by Gasteiger charge is 2.51. The monoisotopic (exact) mass is 330 g/mol. The Balaban J connectivity index is 1.68. The number of ether oxygens (including phenoxy) is 1. The van der Waals surface area contributed by atoms with Crippen LogP contribution < -0.4 is 10.4 Å². The van der Waals surface area contributed by atoms with Crippen molar-refractivity contribution in [1.82, 2.24) is 0 Å². The minimum absolute atomic E-state index is 0.0574. The lowest BCUT2D eigenvalue weighted by atomic mass is 9.78. The largest absolute Gasteiger partial charge is 0.550 e. The highest BCUT2D eigenvalue weighted by atomic mass is 16.5. The van der Waals surface area contributed by atoms with E-state index in [0.29, 0.717) is 17.9 Å². The molecular weight excluding hydrogens is 310 g/mol. The van der Waals surface area contributed by atoms with Crippen LogP contribution in [0.15, 0.2) is 24.3 Å². The maximum atomic E-state index is 12.5. The van der Waals surface area contributed by atoms with E-state index in [-0.39, 0.29) is 17.7 Å². The normalized spacial score (nSPS) is 27.7. The second-order valence-corrected chi connectivity index (χ2v) is 6.49. The third-order valence-corrected chi connectivity index (χ3v) is 5.15. The third-order valence-electron chi connectivity index (χ3n) is 5.15. The van der Waals surface area contributed by atoms with Gasteiger partial charge < -0.3 is 20.0 Å². The molecule has 2 fully saturated rings. The van der Waals surface area contributed by atoms with E-state index in [4.69, 9.17) is 4.74 Å². The number of carboxylic acids is 1. The molecule has 0 radical (unpaired) electrons. The van der Waals surface area contributed by atoms with Crippen molar-refractivity contribution in [2.24, 2.45) is 23.7 Å². The zero-order valence-corrected chi connectivity index (χ0v) is 13.5. The second-order valence-electron chi connectivity index (χ2n) is 6.49. The van der Waals surface area contributed by atoms with Crippen LogP contribution in [0.1, 0.15) is 36.5 Å². The molecule has 0 heterocycles. The number of anilines is 1. The number of hydrogen-bond acceptors (Lipinski definition) is 5. The predicted octanol–water partition coefficient (Wildman–Crippen LogP) is 1.21. The fourth-order valence-corrected chi connectivity index (χ4v) is 4.14. The fraction of sp³-hybridized carbons (Fsp3) is 0.500. The van der Waals surface area contributed by atoms with Gasteiger partial charge in [0, 0.05) is 23.5 Å². The molecule has 1 amide bonds. The number of nitrogens with one attached hydrogen (secondary N) is 1. The van der Waals surface area contributed by atoms with Gasteiger partial charge in [-0.05, 0) is 62.3 Å². The first-order valence-electron chi connectivity index (χ1n) is 8.30. The number of carboxylic acid groups (broad SMARTS) is 1. The highest BCUT2D eigenvalue weighted by molar-refractivity contribution is 5.96. The quantitative estimate of drug-likeness (QED) is 0.819. The summed E-state index contributed by atoms with van der Waals surface area (Å²) >= 11 is 0. The fourth-order valence-electron chi connectivity index (χ4n) is 4.14. The summed E-state index contributed by atoms with van der Waals surface area (Å²) in [5.74, 6) is -2.86. The van der Waals surface area contributed by atoms with Gasteiger partial charge in [-0.1, -0.05) is 0 Å². The minimum atomic E-state index is -1.12. The molecule has 0 aromatic heterocycles. The molecule has 2 saturated carbocycles. The lowest BCUT2D eigenvalue weighted by Crippen LogP contribution is -2.43. The average molecular weight is 330 g/mol. The third kappa shape index (κ3) is 3.00. The molecule has 6 nitrogen and oxygen atoms in total. The summed E-state index contributed by atoms with van der Waals surface area (Å²) in [6, 6.07) is 6.38. The Morgan fingerprint density at radius 2 is 1.75 bits per heavy atom. The van der Waals surface area contributed by atoms with Crippen LogP contribution in [0.25, 0.3) is 0 Å². The Morgan fingerprint density at radius 3 is 2.33 bits per heavy atom. The van der Waals surface area contributed by atoms with Gasteiger partial charge in [-0.3, -0.25) is 4.79 Å². The number of esters is 1. The maximum absolute atomic E-state index is 12.5. The van der Waals surface area contributed by atoms with E-state index in [1.54, 1.807) is 31.2 Å². The SMILES string of the molecule is CCOC(=O)c1ccc(NC(=O)C2C3CCC(C3)C2C(=O)[O-])cc1. The van der Waals surface area contributed by atoms with Gasteiger partial charge in [-0.15, -0.1) is 0 Å². The van der Waals surface area contributed by atoms with Crippen LogP contribution >= 0.6 is 0 Å². The molecule has 0 saturated heterocycles. The molecule has 0 aliphatic heterocycles. The summed E-state index contributed by atoms with van der Waals surface area (Å²) < 4.78 is 4.91. The average Bonchev–Trinajstić information content (AvgIpc) is 3.16. The molecular formula is C18H20NO5-. The molecule has 24 heavy (non-hydrogen) atoms. The van der Waals surface area contributed by atoms with Crippen molar-refractivity contribution in [3.63, 3.8) is 0 Å². The summed E-state index contributed by atoms with van der Waals surface area (Å²) in [5.41, 5.74) is 0.940. The molecule has 2 bridgehead atoms. The Bertz CT molecular complexity index is 654. The summed E-state index contributed by atoms with van der Waals surface area (Å²) in [6.07, 6.45) is 2.55. The Hall–Kier alpha value is -2.37. The topological polar surface area (TPSA) is 95.5 Å². The first-order valence-corrected chi connectivity index (χ1v) is 8.30. The molecule has 3 rings (SSSR count). The minimum Gasteiger partial charge on any atom is -0.550 e. The maximum Gasteiger partial charge on any atom is 0.338 e. The van der Waals surface area contributed by atoms with Gasteiger partial charge >= 0.3 is 5.97 Å². The number of fused-ring (bicyclic) bond motifs is 2. The first kappa shape index (κ1) is 16.5. The highest BCUT2D eigenvalue weighted by Crippen LogP contribution is 2.52. The number of aliphatic carboxylic acids is 1. The smallest absolute Gasteiger partial charge is 0.338 e. The second kappa shape index (κ2) is 6.63. The van der Waals surface area contributed by atoms with E-state index in [2.05, 4.69) is 5.32 Å². The lowest BCUT2D eigenvalue weighted by molar-refractivity contribution is -0.314. The van der Waals surface area contributed by atoms with Crippen LogP contribution in [0.3, 0.4) is 0 Å². The van der Waals surface area contributed by atoms with Crippen molar-refractivity contribution in [2.75, 3.05) is 11.9 Å². The van der Waals surface area contributed by atoms with Gasteiger partial charge in [0.15, 0.2) is 0 Å². The van der Waals surface area contributed by atoms with Gasteiger partial charge in [-0.2, -0.15) is 0 Å². The molecule has 2 aliphatic carbocycles. The molecule has 1 aromatic carbocycles. The molecule has 2 aliphatic rings. The molecule has 6 heteroatoms. The van der Waals surface area contributed by atoms with E-state index in [9.17, 15) is 19.5 Å². The molecule has 4 atom stereocenters.